The molecule has 0 radical (unpaired) electrons. The Morgan fingerprint density at radius 3 is 2.30 bits per heavy atom. The molecule has 1 aliphatic rings. The van der Waals surface area contributed by atoms with Crippen molar-refractivity contribution in [1.29, 1.82) is 0 Å². The number of anilines is 1. The molecule has 3 aromatic carbocycles. The zero-order valence-corrected chi connectivity index (χ0v) is 27.0. The van der Waals surface area contributed by atoms with Gasteiger partial charge in [0.25, 0.3) is 5.56 Å². The Morgan fingerprint density at radius 2 is 1.67 bits per heavy atom. The van der Waals surface area contributed by atoms with Crippen LogP contribution in [0, 0.1) is 5.92 Å². The van der Waals surface area contributed by atoms with Crippen LogP contribution in [0.4, 0.5) is 5.69 Å². The Balaban J connectivity index is 1.53. The van der Waals surface area contributed by atoms with Crippen molar-refractivity contribution in [3.8, 4) is 17.0 Å². The predicted octanol–water partition coefficient (Wildman–Crippen LogP) is 6.93. The Bertz CT molecular complexity index is 1810. The number of halogens is 1. The second-order valence-corrected chi connectivity index (χ2v) is 12.9. The molecular weight excluding hydrogens is 606 g/mol. The molecule has 0 unspecified atom stereocenters. The van der Waals surface area contributed by atoms with Crippen molar-refractivity contribution in [3.05, 3.63) is 111 Å². The van der Waals surface area contributed by atoms with Crippen LogP contribution in [0.3, 0.4) is 0 Å². The molecule has 4 aromatic rings. The first kappa shape index (κ1) is 32.6. The third-order valence-electron chi connectivity index (χ3n) is 7.38. The highest BCUT2D eigenvalue weighted by Gasteiger charge is 2.28. The third kappa shape index (κ3) is 8.28. The van der Waals surface area contributed by atoms with Gasteiger partial charge in [0, 0.05) is 28.8 Å². The second-order valence-electron chi connectivity index (χ2n) is 12.4. The summed E-state index contributed by atoms with van der Waals surface area (Å²) in [5, 5.41) is 7.87. The molecule has 0 saturated heterocycles. The highest BCUT2D eigenvalue weighted by Crippen LogP contribution is 2.35. The van der Waals surface area contributed by atoms with Gasteiger partial charge in [-0.05, 0) is 100 Å². The molecule has 10 heteroatoms. The molecule has 1 fully saturated rings. The summed E-state index contributed by atoms with van der Waals surface area (Å²) in [4.78, 5) is 52.7. The molecule has 1 N–H and O–H groups in total. The van der Waals surface area contributed by atoms with Crippen molar-refractivity contribution < 1.29 is 23.9 Å². The summed E-state index contributed by atoms with van der Waals surface area (Å²) in [6, 6.07) is 20.7. The molecule has 0 spiro atoms. The first-order valence-electron chi connectivity index (χ1n) is 15.1. The Morgan fingerprint density at radius 1 is 0.978 bits per heavy atom. The smallest absolute Gasteiger partial charge is 0.338 e. The summed E-state index contributed by atoms with van der Waals surface area (Å²) in [5.41, 5.74) is 1.50. The number of amides is 1. The fourth-order valence-corrected chi connectivity index (χ4v) is 5.05. The van der Waals surface area contributed by atoms with Crippen LogP contribution in [-0.2, 0) is 16.0 Å². The molecule has 0 aliphatic heterocycles. The van der Waals surface area contributed by atoms with Gasteiger partial charge in [-0.25, -0.2) is 9.48 Å². The van der Waals surface area contributed by atoms with E-state index in [1.165, 1.54) is 13.0 Å². The number of ketones is 1. The minimum Gasteiger partial charge on any atom is -0.476 e. The van der Waals surface area contributed by atoms with Crippen molar-refractivity contribution in [1.82, 2.24) is 9.78 Å². The number of carbonyl (C=O) groups is 3. The largest absolute Gasteiger partial charge is 0.476 e. The second kappa shape index (κ2) is 13.7. The standard InChI is InChI=1S/C36H36ClN3O6/c1-22(41)28-17-14-26(37)19-29(28)30-20-32(42)40(39-34(30)45-21-24-10-11-24)31(18-23-8-6-5-7-9-23)33(43)38-27-15-12-25(13-16-27)35(44)46-36(2,3)4/h5-9,12-17,19-20,24,31H,10-11,18,21H2,1-4H3,(H,38,43)/t31-/m0/s1. The quantitative estimate of drug-likeness (QED) is 0.139. The van der Waals surface area contributed by atoms with E-state index in [4.69, 9.17) is 21.1 Å². The van der Waals surface area contributed by atoms with Crippen molar-refractivity contribution in [2.75, 3.05) is 11.9 Å². The van der Waals surface area contributed by atoms with E-state index in [9.17, 15) is 19.2 Å². The maximum absolute atomic E-state index is 13.9. The van der Waals surface area contributed by atoms with Gasteiger partial charge >= 0.3 is 5.97 Å². The van der Waals surface area contributed by atoms with E-state index >= 15 is 0 Å². The molecule has 1 amide bonds. The van der Waals surface area contributed by atoms with Gasteiger partial charge in [-0.15, -0.1) is 5.10 Å². The van der Waals surface area contributed by atoms with E-state index in [-0.39, 0.29) is 18.1 Å². The lowest BCUT2D eigenvalue weighted by Gasteiger charge is -2.21. The molecule has 1 aliphatic carbocycles. The minimum atomic E-state index is -1.07. The Kier molecular flexibility index (Phi) is 9.72. The highest BCUT2D eigenvalue weighted by atomic mass is 35.5. The monoisotopic (exact) mass is 641 g/mol. The van der Waals surface area contributed by atoms with E-state index in [2.05, 4.69) is 10.4 Å². The molecule has 238 valence electrons. The summed E-state index contributed by atoms with van der Waals surface area (Å²) >= 11 is 6.31. The van der Waals surface area contributed by atoms with Gasteiger partial charge in [-0.1, -0.05) is 41.9 Å². The van der Waals surface area contributed by atoms with Gasteiger partial charge in [-0.3, -0.25) is 14.4 Å². The Labute approximate surface area is 272 Å². The molecule has 1 saturated carbocycles. The number of carbonyl (C=O) groups excluding carboxylic acids is 3. The number of nitrogens with one attached hydrogen (secondary N) is 1. The van der Waals surface area contributed by atoms with Crippen LogP contribution in [0.2, 0.25) is 5.02 Å². The highest BCUT2D eigenvalue weighted by molar-refractivity contribution is 6.31. The first-order chi connectivity index (χ1) is 21.9. The van der Waals surface area contributed by atoms with Crippen molar-refractivity contribution >= 4 is 34.9 Å². The molecule has 46 heavy (non-hydrogen) atoms. The van der Waals surface area contributed by atoms with E-state index in [1.807, 2.05) is 30.3 Å². The van der Waals surface area contributed by atoms with Gasteiger partial charge < -0.3 is 14.8 Å². The maximum atomic E-state index is 13.9. The van der Waals surface area contributed by atoms with Gasteiger partial charge in [0.1, 0.15) is 11.6 Å². The summed E-state index contributed by atoms with van der Waals surface area (Å²) in [7, 11) is 0. The number of benzene rings is 3. The number of rotatable bonds is 11. The molecule has 5 rings (SSSR count). The number of hydrogen-bond acceptors (Lipinski definition) is 7. The van der Waals surface area contributed by atoms with E-state index in [1.54, 1.807) is 63.2 Å². The van der Waals surface area contributed by atoms with Gasteiger partial charge in [0.2, 0.25) is 11.8 Å². The van der Waals surface area contributed by atoms with Crippen molar-refractivity contribution in [3.63, 3.8) is 0 Å². The maximum Gasteiger partial charge on any atom is 0.338 e. The lowest BCUT2D eigenvalue weighted by Crippen LogP contribution is -2.36. The summed E-state index contributed by atoms with van der Waals surface area (Å²) in [5.74, 6) is -0.674. The lowest BCUT2D eigenvalue weighted by atomic mass is 9.98. The van der Waals surface area contributed by atoms with Gasteiger partial charge in [-0.2, -0.15) is 0 Å². The summed E-state index contributed by atoms with van der Waals surface area (Å²) < 4.78 is 12.7. The molecular formula is C36H36ClN3O6. The SMILES string of the molecule is CC(=O)c1ccc(Cl)cc1-c1cc(=O)n([C@@H](Cc2ccccc2)C(=O)Nc2ccc(C(=O)OC(C)(C)C)cc2)nc1OCC1CC1. The van der Waals surface area contributed by atoms with Crippen LogP contribution < -0.4 is 15.6 Å². The van der Waals surface area contributed by atoms with Crippen LogP contribution in [0.5, 0.6) is 5.88 Å². The van der Waals surface area contributed by atoms with Crippen LogP contribution in [0.1, 0.15) is 72.9 Å². The number of Topliss-reactive ketones (excluding diaryl/α,β-unsaturated/α-hetero) is 1. The van der Waals surface area contributed by atoms with Crippen LogP contribution in [0.25, 0.3) is 11.1 Å². The minimum absolute atomic E-state index is 0.129. The van der Waals surface area contributed by atoms with Crippen LogP contribution in [0.15, 0.2) is 83.7 Å². The lowest BCUT2D eigenvalue weighted by molar-refractivity contribution is -0.119. The number of aromatic nitrogens is 2. The molecule has 0 bridgehead atoms. The van der Waals surface area contributed by atoms with E-state index < -0.39 is 29.1 Å². The number of ether oxygens (including phenoxy) is 2. The van der Waals surface area contributed by atoms with Gasteiger partial charge in [0.15, 0.2) is 5.78 Å². The molecule has 1 heterocycles. The van der Waals surface area contributed by atoms with Crippen molar-refractivity contribution in [2.24, 2.45) is 5.92 Å². The average Bonchev–Trinajstić information content (AvgIpc) is 3.84. The Hall–Kier alpha value is -4.76. The first-order valence-corrected chi connectivity index (χ1v) is 15.5. The zero-order valence-electron chi connectivity index (χ0n) is 26.2. The predicted molar refractivity (Wildman–Crippen MR) is 177 cm³/mol. The molecule has 1 atom stereocenters. The number of nitrogens with zero attached hydrogens (tertiary/aromatic N) is 2. The fraction of sp³-hybridized carbons (Fsp3) is 0.306. The normalized spacial score (nSPS) is 13.5. The molecule has 9 nitrogen and oxygen atoms in total. The zero-order chi connectivity index (χ0) is 33.0. The fourth-order valence-electron chi connectivity index (χ4n) is 4.88. The average molecular weight is 642 g/mol. The van der Waals surface area contributed by atoms with E-state index in [0.717, 1.165) is 23.1 Å². The third-order valence-corrected chi connectivity index (χ3v) is 7.62. The topological polar surface area (TPSA) is 117 Å². The van der Waals surface area contributed by atoms with Crippen molar-refractivity contribution in [2.45, 2.75) is 58.6 Å². The van der Waals surface area contributed by atoms with Crippen LogP contribution in [-0.4, -0.2) is 39.6 Å². The summed E-state index contributed by atoms with van der Waals surface area (Å²) in [6.45, 7) is 7.18. The van der Waals surface area contributed by atoms with E-state index in [0.29, 0.717) is 45.5 Å². The summed E-state index contributed by atoms with van der Waals surface area (Å²) in [6.07, 6.45) is 2.21. The van der Waals surface area contributed by atoms with Crippen LogP contribution >= 0.6 is 11.6 Å². The number of hydrogen-bond donors (Lipinski definition) is 1. The molecule has 1 aromatic heterocycles. The van der Waals surface area contributed by atoms with Gasteiger partial charge in [0.05, 0.1) is 17.7 Å². The number of esters is 1.